The van der Waals surface area contributed by atoms with E-state index < -0.39 is 0 Å². The third-order valence-electron chi connectivity index (χ3n) is 2.64. The minimum absolute atomic E-state index is 0.612. The number of rotatable bonds is 6. The molecule has 0 fully saturated rings. The van der Waals surface area contributed by atoms with Gasteiger partial charge in [0.1, 0.15) is 0 Å². The number of hydrogen-bond donors (Lipinski definition) is 0. The third-order valence-corrected chi connectivity index (χ3v) is 3.42. The number of benzene rings is 1. The monoisotopic (exact) mass is 270 g/mol. The molecule has 0 saturated heterocycles. The maximum atomic E-state index is 5.08. The van der Waals surface area contributed by atoms with Crippen LogP contribution >= 0.6 is 15.9 Å². The van der Waals surface area contributed by atoms with Crippen LogP contribution in [0.15, 0.2) is 24.3 Å². The predicted molar refractivity (Wildman–Crippen MR) is 68.8 cm³/mol. The van der Waals surface area contributed by atoms with Crippen molar-refractivity contribution in [2.24, 2.45) is 0 Å². The lowest BCUT2D eigenvalue weighted by molar-refractivity contribution is 0.191. The second-order valence-electron chi connectivity index (χ2n) is 3.90. The Kier molecular flexibility index (Phi) is 5.96. The van der Waals surface area contributed by atoms with Crippen LogP contribution in [0.4, 0.5) is 0 Å². The molecule has 1 atom stereocenters. The summed E-state index contributed by atoms with van der Waals surface area (Å²) in [5, 5.41) is 1.03. The first-order valence-corrected chi connectivity index (χ1v) is 6.51. The fourth-order valence-electron chi connectivity index (χ4n) is 1.65. The molecule has 1 unspecified atom stereocenters. The van der Waals surface area contributed by atoms with Gasteiger partial charge in [-0.25, -0.2) is 0 Å². The van der Waals surface area contributed by atoms with Gasteiger partial charge in [-0.05, 0) is 31.2 Å². The number of aryl methyl sites for hydroxylation is 1. The van der Waals surface area contributed by atoms with Gasteiger partial charge in [-0.2, -0.15) is 0 Å². The summed E-state index contributed by atoms with van der Waals surface area (Å²) >= 11 is 3.58. The van der Waals surface area contributed by atoms with E-state index in [0.29, 0.717) is 5.92 Å². The molecule has 0 aliphatic heterocycles. The molecule has 0 saturated carbocycles. The van der Waals surface area contributed by atoms with Crippen molar-refractivity contribution in [3.63, 3.8) is 0 Å². The van der Waals surface area contributed by atoms with Gasteiger partial charge in [0.2, 0.25) is 0 Å². The lowest BCUT2D eigenvalue weighted by Crippen LogP contribution is -2.02. The van der Waals surface area contributed by atoms with Gasteiger partial charge in [0, 0.05) is 19.0 Å². The van der Waals surface area contributed by atoms with Crippen molar-refractivity contribution >= 4 is 15.9 Å². The molecule has 15 heavy (non-hydrogen) atoms. The Labute approximate surface area is 101 Å². The Morgan fingerprint density at radius 2 is 1.93 bits per heavy atom. The number of hydrogen-bond acceptors (Lipinski definition) is 1. The number of methoxy groups -OCH3 is 1. The molecule has 0 aliphatic rings. The fourth-order valence-corrected chi connectivity index (χ4v) is 2.34. The zero-order valence-corrected chi connectivity index (χ0v) is 11.1. The van der Waals surface area contributed by atoms with Crippen LogP contribution in [0.5, 0.6) is 0 Å². The molecule has 0 N–H and O–H groups in total. The molecular formula is C13H19BrO. The molecule has 0 amide bonds. The van der Waals surface area contributed by atoms with E-state index in [9.17, 15) is 0 Å². The van der Waals surface area contributed by atoms with Crippen molar-refractivity contribution in [3.8, 4) is 0 Å². The van der Waals surface area contributed by atoms with Gasteiger partial charge in [-0.3, -0.25) is 0 Å². The highest BCUT2D eigenvalue weighted by Crippen LogP contribution is 2.23. The summed E-state index contributed by atoms with van der Waals surface area (Å²) in [6, 6.07) is 8.82. The quantitative estimate of drug-likeness (QED) is 0.563. The molecular weight excluding hydrogens is 252 g/mol. The van der Waals surface area contributed by atoms with Crippen molar-refractivity contribution in [1.82, 2.24) is 0 Å². The maximum absolute atomic E-state index is 5.08. The molecule has 84 valence electrons. The molecule has 1 rings (SSSR count). The molecule has 0 aromatic heterocycles. The largest absolute Gasteiger partial charge is 0.385 e. The minimum atomic E-state index is 0.612. The fraction of sp³-hybridized carbons (Fsp3) is 0.538. The van der Waals surface area contributed by atoms with E-state index >= 15 is 0 Å². The van der Waals surface area contributed by atoms with Crippen LogP contribution in [-0.2, 0) is 4.74 Å². The first-order valence-electron chi connectivity index (χ1n) is 5.39. The SMILES string of the molecule is COCCCC(CBr)c1ccc(C)cc1. The van der Waals surface area contributed by atoms with Crippen molar-refractivity contribution in [2.75, 3.05) is 19.0 Å². The smallest absolute Gasteiger partial charge is 0.0462 e. The van der Waals surface area contributed by atoms with Crippen LogP contribution in [0, 0.1) is 6.92 Å². The van der Waals surface area contributed by atoms with Gasteiger partial charge in [-0.15, -0.1) is 0 Å². The van der Waals surface area contributed by atoms with E-state index in [2.05, 4.69) is 47.1 Å². The van der Waals surface area contributed by atoms with Gasteiger partial charge >= 0.3 is 0 Å². The van der Waals surface area contributed by atoms with E-state index in [0.717, 1.165) is 18.4 Å². The Morgan fingerprint density at radius 1 is 1.27 bits per heavy atom. The zero-order valence-electron chi connectivity index (χ0n) is 9.50. The molecule has 1 aromatic carbocycles. The molecule has 2 heteroatoms. The zero-order chi connectivity index (χ0) is 11.1. The van der Waals surface area contributed by atoms with Crippen LogP contribution in [0.2, 0.25) is 0 Å². The third kappa shape index (κ3) is 4.35. The summed E-state index contributed by atoms with van der Waals surface area (Å²) in [7, 11) is 1.76. The molecule has 0 radical (unpaired) electrons. The van der Waals surface area contributed by atoms with Gasteiger partial charge in [0.15, 0.2) is 0 Å². The van der Waals surface area contributed by atoms with E-state index in [1.54, 1.807) is 7.11 Å². The molecule has 1 nitrogen and oxygen atoms in total. The first kappa shape index (κ1) is 12.7. The molecule has 0 heterocycles. The number of alkyl halides is 1. The summed E-state index contributed by atoms with van der Waals surface area (Å²) in [4.78, 5) is 0. The molecule has 0 spiro atoms. The van der Waals surface area contributed by atoms with Gasteiger partial charge in [-0.1, -0.05) is 45.8 Å². The summed E-state index contributed by atoms with van der Waals surface area (Å²) < 4.78 is 5.08. The van der Waals surface area contributed by atoms with Crippen LogP contribution < -0.4 is 0 Å². The standard InChI is InChI=1S/C13H19BrO/c1-11-5-7-12(8-6-11)13(10-14)4-3-9-15-2/h5-8,13H,3-4,9-10H2,1-2H3. The lowest BCUT2D eigenvalue weighted by atomic mass is 9.96. The Hall–Kier alpha value is -0.340. The summed E-state index contributed by atoms with van der Waals surface area (Å²) in [5.74, 6) is 0.612. The lowest BCUT2D eigenvalue weighted by Gasteiger charge is -2.14. The second kappa shape index (κ2) is 7.02. The molecule has 1 aromatic rings. The van der Waals surface area contributed by atoms with Crippen molar-refractivity contribution in [3.05, 3.63) is 35.4 Å². The highest BCUT2D eigenvalue weighted by Gasteiger charge is 2.09. The van der Waals surface area contributed by atoms with Crippen LogP contribution in [-0.4, -0.2) is 19.0 Å². The molecule has 0 bridgehead atoms. The van der Waals surface area contributed by atoms with Crippen LogP contribution in [0.1, 0.15) is 29.9 Å². The van der Waals surface area contributed by atoms with E-state index in [-0.39, 0.29) is 0 Å². The van der Waals surface area contributed by atoms with Gasteiger partial charge < -0.3 is 4.74 Å². The predicted octanol–water partition coefficient (Wildman–Crippen LogP) is 3.90. The summed E-state index contributed by atoms with van der Waals surface area (Å²) in [5.41, 5.74) is 2.75. The average molecular weight is 271 g/mol. The highest BCUT2D eigenvalue weighted by atomic mass is 79.9. The number of halogens is 1. The Balaban J connectivity index is 2.53. The van der Waals surface area contributed by atoms with Gasteiger partial charge in [0.05, 0.1) is 0 Å². The van der Waals surface area contributed by atoms with E-state index in [1.807, 2.05) is 0 Å². The Morgan fingerprint density at radius 3 is 2.47 bits per heavy atom. The van der Waals surface area contributed by atoms with Crippen molar-refractivity contribution in [2.45, 2.75) is 25.7 Å². The average Bonchev–Trinajstić information content (AvgIpc) is 2.26. The van der Waals surface area contributed by atoms with Gasteiger partial charge in [0.25, 0.3) is 0 Å². The highest BCUT2D eigenvalue weighted by molar-refractivity contribution is 9.09. The Bertz CT molecular complexity index is 268. The van der Waals surface area contributed by atoms with Crippen molar-refractivity contribution in [1.29, 1.82) is 0 Å². The second-order valence-corrected chi connectivity index (χ2v) is 4.54. The van der Waals surface area contributed by atoms with Crippen LogP contribution in [0.3, 0.4) is 0 Å². The molecule has 0 aliphatic carbocycles. The number of ether oxygens (including phenoxy) is 1. The normalized spacial score (nSPS) is 12.7. The van der Waals surface area contributed by atoms with E-state index in [1.165, 1.54) is 17.5 Å². The summed E-state index contributed by atoms with van der Waals surface area (Å²) in [6.45, 7) is 2.98. The maximum Gasteiger partial charge on any atom is 0.0462 e. The minimum Gasteiger partial charge on any atom is -0.385 e. The first-order chi connectivity index (χ1) is 7.27. The van der Waals surface area contributed by atoms with Crippen molar-refractivity contribution < 1.29 is 4.74 Å². The van der Waals surface area contributed by atoms with E-state index in [4.69, 9.17) is 4.74 Å². The summed E-state index contributed by atoms with van der Waals surface area (Å²) in [6.07, 6.45) is 2.31. The topological polar surface area (TPSA) is 9.23 Å². The van der Waals surface area contributed by atoms with Crippen LogP contribution in [0.25, 0.3) is 0 Å².